The topological polar surface area (TPSA) is 63.6 Å². The number of fused-ring (bicyclic) bond motifs is 4. The molecule has 132 valence electrons. The molecule has 1 N–H and O–H groups in total. The van der Waals surface area contributed by atoms with Crippen molar-refractivity contribution in [3.63, 3.8) is 0 Å². The summed E-state index contributed by atoms with van der Waals surface area (Å²) in [5, 5.41) is 10.5. The number of aliphatic hydroxyl groups excluding tert-OH is 1. The number of esters is 1. The minimum atomic E-state index is -0.342. The highest BCUT2D eigenvalue weighted by atomic mass is 16.5. The van der Waals surface area contributed by atoms with Crippen molar-refractivity contribution in [1.82, 2.24) is 0 Å². The lowest BCUT2D eigenvalue weighted by atomic mass is 9.43. The molecule has 0 amide bonds. The average Bonchev–Trinajstić information content (AvgIpc) is 2.80. The Balaban J connectivity index is 1.73. The van der Waals surface area contributed by atoms with Crippen LogP contribution in [0.5, 0.6) is 0 Å². The highest BCUT2D eigenvalue weighted by Crippen LogP contribution is 2.63. The third kappa shape index (κ3) is 1.95. The zero-order valence-corrected chi connectivity index (χ0v) is 15.1. The van der Waals surface area contributed by atoms with E-state index in [4.69, 9.17) is 4.74 Å². The van der Waals surface area contributed by atoms with E-state index in [0.29, 0.717) is 18.6 Å². The Morgan fingerprint density at radius 2 is 1.88 bits per heavy atom. The van der Waals surface area contributed by atoms with Gasteiger partial charge in [-0.15, -0.1) is 0 Å². The molecule has 4 rings (SSSR count). The number of carbonyl (C=O) groups is 2. The van der Waals surface area contributed by atoms with Gasteiger partial charge in [-0.25, -0.2) is 4.79 Å². The van der Waals surface area contributed by atoms with Gasteiger partial charge in [-0.3, -0.25) is 4.79 Å². The summed E-state index contributed by atoms with van der Waals surface area (Å²) < 4.78 is 5.59. The molecule has 3 saturated carbocycles. The first kappa shape index (κ1) is 16.3. The zero-order chi connectivity index (χ0) is 17.4. The Kier molecular flexibility index (Phi) is 3.36. The fourth-order valence-corrected chi connectivity index (χ4v) is 6.35. The lowest BCUT2D eigenvalue weighted by Gasteiger charge is -2.61. The summed E-state index contributed by atoms with van der Waals surface area (Å²) in [6.45, 7) is 8.37. The molecule has 0 aromatic heterocycles. The smallest absolute Gasteiger partial charge is 0.334 e. The first-order valence-electron chi connectivity index (χ1n) is 9.27. The molecule has 4 aliphatic rings. The molecule has 0 aromatic carbocycles. The molecule has 0 radical (unpaired) electrons. The molecule has 24 heavy (non-hydrogen) atoms. The Morgan fingerprint density at radius 3 is 2.58 bits per heavy atom. The van der Waals surface area contributed by atoms with Crippen LogP contribution < -0.4 is 0 Å². The molecule has 3 fully saturated rings. The van der Waals surface area contributed by atoms with Gasteiger partial charge in [-0.2, -0.15) is 0 Å². The van der Waals surface area contributed by atoms with Gasteiger partial charge < -0.3 is 9.84 Å². The van der Waals surface area contributed by atoms with Gasteiger partial charge in [0.1, 0.15) is 11.9 Å². The first-order chi connectivity index (χ1) is 11.2. The van der Waals surface area contributed by atoms with E-state index in [0.717, 1.165) is 30.4 Å². The van der Waals surface area contributed by atoms with Crippen molar-refractivity contribution in [1.29, 1.82) is 0 Å². The molecule has 0 saturated heterocycles. The van der Waals surface area contributed by atoms with Gasteiger partial charge in [0.25, 0.3) is 0 Å². The number of carbonyl (C=O) groups excluding carboxylic acids is 2. The lowest BCUT2D eigenvalue weighted by Crippen LogP contribution is -2.60. The standard InChI is InChI=1S/C20H28O4/c1-10-11-7-12-13(8-15(11)24-18(10)23)20(4)6-5-17(22)19(2,3)16(20)9-14(12)21/h12-13,15-17,22H,5-9H2,1-4H3. The molecule has 6 atom stereocenters. The maximum absolute atomic E-state index is 13.0. The monoisotopic (exact) mass is 332 g/mol. The summed E-state index contributed by atoms with van der Waals surface area (Å²) >= 11 is 0. The van der Waals surface area contributed by atoms with Gasteiger partial charge in [0, 0.05) is 17.9 Å². The molecule has 1 aliphatic heterocycles. The SMILES string of the molecule is CC1=C2CC3C(=O)CC4C(C)(C)C(O)CCC4(C)C3CC2OC1=O. The van der Waals surface area contributed by atoms with Gasteiger partial charge in [-0.1, -0.05) is 20.8 Å². The highest BCUT2D eigenvalue weighted by molar-refractivity contribution is 5.92. The van der Waals surface area contributed by atoms with Crippen molar-refractivity contribution < 1.29 is 19.4 Å². The number of aliphatic hydroxyl groups is 1. The third-order valence-electron chi connectivity index (χ3n) is 7.99. The van der Waals surface area contributed by atoms with Crippen LogP contribution in [0.25, 0.3) is 0 Å². The maximum atomic E-state index is 13.0. The fourth-order valence-electron chi connectivity index (χ4n) is 6.35. The lowest BCUT2D eigenvalue weighted by molar-refractivity contribution is -0.173. The Bertz CT molecular complexity index is 646. The van der Waals surface area contributed by atoms with Crippen LogP contribution in [0.3, 0.4) is 0 Å². The van der Waals surface area contributed by atoms with Crippen molar-refractivity contribution in [2.45, 2.75) is 72.0 Å². The highest BCUT2D eigenvalue weighted by Gasteiger charge is 2.61. The van der Waals surface area contributed by atoms with Crippen LogP contribution in [0, 0.1) is 28.6 Å². The number of ether oxygens (including phenoxy) is 1. The second-order valence-corrected chi connectivity index (χ2v) is 9.30. The molecule has 0 spiro atoms. The van der Waals surface area contributed by atoms with Gasteiger partial charge in [-0.05, 0) is 60.8 Å². The van der Waals surface area contributed by atoms with Crippen LogP contribution in [-0.4, -0.2) is 29.1 Å². The summed E-state index contributed by atoms with van der Waals surface area (Å²) in [6.07, 6.45) is 3.31. The number of rotatable bonds is 0. The van der Waals surface area contributed by atoms with E-state index < -0.39 is 0 Å². The van der Waals surface area contributed by atoms with E-state index in [9.17, 15) is 14.7 Å². The Labute approximate surface area is 143 Å². The summed E-state index contributed by atoms with van der Waals surface area (Å²) in [5.74, 6) is 0.590. The summed E-state index contributed by atoms with van der Waals surface area (Å²) in [6, 6.07) is 0. The molecule has 0 bridgehead atoms. The minimum absolute atomic E-state index is 0.0213. The molecular formula is C20H28O4. The fraction of sp³-hybridized carbons (Fsp3) is 0.800. The number of ketones is 1. The van der Waals surface area contributed by atoms with E-state index in [1.165, 1.54) is 0 Å². The molecule has 3 aliphatic carbocycles. The van der Waals surface area contributed by atoms with Crippen molar-refractivity contribution in [3.8, 4) is 0 Å². The summed E-state index contributed by atoms with van der Waals surface area (Å²) in [7, 11) is 0. The Morgan fingerprint density at radius 1 is 1.17 bits per heavy atom. The first-order valence-corrected chi connectivity index (χ1v) is 9.27. The van der Waals surface area contributed by atoms with Crippen molar-refractivity contribution in [2.75, 3.05) is 0 Å². The van der Waals surface area contributed by atoms with E-state index in [1.54, 1.807) is 0 Å². The number of hydrogen-bond donors (Lipinski definition) is 1. The van der Waals surface area contributed by atoms with E-state index in [-0.39, 0.29) is 46.8 Å². The largest absolute Gasteiger partial charge is 0.454 e. The zero-order valence-electron chi connectivity index (χ0n) is 15.1. The molecule has 0 aromatic rings. The average molecular weight is 332 g/mol. The molecular weight excluding hydrogens is 304 g/mol. The van der Waals surface area contributed by atoms with Crippen LogP contribution >= 0.6 is 0 Å². The molecule has 1 heterocycles. The van der Waals surface area contributed by atoms with E-state index in [1.807, 2.05) is 6.92 Å². The van der Waals surface area contributed by atoms with E-state index >= 15 is 0 Å². The molecule has 4 heteroatoms. The van der Waals surface area contributed by atoms with Crippen molar-refractivity contribution in [2.24, 2.45) is 28.6 Å². The third-order valence-corrected chi connectivity index (χ3v) is 7.99. The van der Waals surface area contributed by atoms with Gasteiger partial charge >= 0.3 is 5.97 Å². The van der Waals surface area contributed by atoms with Crippen LogP contribution in [0.4, 0.5) is 0 Å². The van der Waals surface area contributed by atoms with Gasteiger partial charge in [0.05, 0.1) is 6.10 Å². The predicted molar refractivity (Wildman–Crippen MR) is 89.0 cm³/mol. The second-order valence-electron chi connectivity index (χ2n) is 9.30. The second kappa shape index (κ2) is 4.94. The summed E-state index contributed by atoms with van der Waals surface area (Å²) in [5.41, 5.74) is 1.58. The number of hydrogen-bond acceptors (Lipinski definition) is 4. The quantitative estimate of drug-likeness (QED) is 0.693. The molecule has 6 unspecified atom stereocenters. The van der Waals surface area contributed by atoms with Gasteiger partial charge in [0.15, 0.2) is 0 Å². The summed E-state index contributed by atoms with van der Waals surface area (Å²) in [4.78, 5) is 24.9. The van der Waals surface area contributed by atoms with Gasteiger partial charge in [0.2, 0.25) is 0 Å². The van der Waals surface area contributed by atoms with Crippen LogP contribution in [0.1, 0.15) is 59.8 Å². The van der Waals surface area contributed by atoms with Crippen molar-refractivity contribution in [3.05, 3.63) is 11.1 Å². The van der Waals surface area contributed by atoms with Crippen molar-refractivity contribution >= 4 is 11.8 Å². The van der Waals surface area contributed by atoms with E-state index in [2.05, 4.69) is 20.8 Å². The van der Waals surface area contributed by atoms with Crippen LogP contribution in [0.2, 0.25) is 0 Å². The maximum Gasteiger partial charge on any atom is 0.334 e. The molecule has 4 nitrogen and oxygen atoms in total. The number of Topliss-reactive ketones (excluding diaryl/α,β-unsaturated/α-hetero) is 1. The van der Waals surface area contributed by atoms with Crippen LogP contribution in [0.15, 0.2) is 11.1 Å². The predicted octanol–water partition coefficient (Wildman–Crippen LogP) is 3.03. The van der Waals surface area contributed by atoms with Crippen LogP contribution in [-0.2, 0) is 14.3 Å². The normalized spacial score (nSPS) is 47.0. The minimum Gasteiger partial charge on any atom is -0.454 e. The Hall–Kier alpha value is -1.16.